The van der Waals surface area contributed by atoms with Crippen molar-refractivity contribution < 1.29 is 0 Å². The summed E-state index contributed by atoms with van der Waals surface area (Å²) in [5, 5.41) is 0. The van der Waals surface area contributed by atoms with Crippen LogP contribution in [0, 0.1) is 5.92 Å². The third-order valence-electron chi connectivity index (χ3n) is 5.48. The van der Waals surface area contributed by atoms with Gasteiger partial charge in [0.1, 0.15) is 0 Å². The smallest absolute Gasteiger partial charge is 0.0247 e. The van der Waals surface area contributed by atoms with E-state index in [4.69, 9.17) is 0 Å². The third-order valence-corrected chi connectivity index (χ3v) is 5.48. The molecular formula is C19H30N2. The molecule has 116 valence electrons. The van der Waals surface area contributed by atoms with E-state index in [1.54, 1.807) is 0 Å². The van der Waals surface area contributed by atoms with Gasteiger partial charge in [0.25, 0.3) is 0 Å². The Morgan fingerprint density at radius 2 is 1.86 bits per heavy atom. The molecule has 21 heavy (non-hydrogen) atoms. The fraction of sp³-hybridized carbons (Fsp3) is 0.684. The van der Waals surface area contributed by atoms with E-state index < -0.39 is 0 Å². The average Bonchev–Trinajstić information content (AvgIpc) is 2.94. The Balaban J connectivity index is 1.69. The minimum absolute atomic E-state index is 0.625. The van der Waals surface area contributed by atoms with E-state index in [0.29, 0.717) is 5.92 Å². The van der Waals surface area contributed by atoms with Crippen LogP contribution in [0.15, 0.2) is 30.3 Å². The van der Waals surface area contributed by atoms with E-state index in [1.165, 1.54) is 44.6 Å². The topological polar surface area (TPSA) is 6.48 Å². The third kappa shape index (κ3) is 3.32. The summed E-state index contributed by atoms with van der Waals surface area (Å²) in [6.07, 6.45) is 2.80. The molecule has 2 nitrogen and oxygen atoms in total. The first-order valence-corrected chi connectivity index (χ1v) is 8.68. The fourth-order valence-corrected chi connectivity index (χ4v) is 4.19. The van der Waals surface area contributed by atoms with Gasteiger partial charge in [0, 0.05) is 31.7 Å². The summed E-state index contributed by atoms with van der Waals surface area (Å²) in [4.78, 5) is 5.53. The molecule has 1 aromatic rings. The van der Waals surface area contributed by atoms with Crippen molar-refractivity contribution in [2.75, 3.05) is 26.2 Å². The van der Waals surface area contributed by atoms with Gasteiger partial charge in [0.2, 0.25) is 0 Å². The van der Waals surface area contributed by atoms with Crippen LogP contribution in [0.5, 0.6) is 0 Å². The monoisotopic (exact) mass is 286 g/mol. The lowest BCUT2D eigenvalue weighted by molar-refractivity contribution is 0.0263. The maximum atomic E-state index is 2.79. The summed E-state index contributed by atoms with van der Waals surface area (Å²) in [7, 11) is 0. The van der Waals surface area contributed by atoms with Gasteiger partial charge >= 0.3 is 0 Å². The van der Waals surface area contributed by atoms with Crippen LogP contribution in [0.1, 0.15) is 45.1 Å². The minimum atomic E-state index is 0.625. The van der Waals surface area contributed by atoms with Crippen molar-refractivity contribution in [2.45, 2.75) is 51.6 Å². The molecule has 2 saturated heterocycles. The van der Waals surface area contributed by atoms with Crippen molar-refractivity contribution in [2.24, 2.45) is 5.92 Å². The highest BCUT2D eigenvalue weighted by molar-refractivity contribution is 5.19. The average molecular weight is 286 g/mol. The second-order valence-electron chi connectivity index (χ2n) is 7.37. The fourth-order valence-electron chi connectivity index (χ4n) is 4.19. The normalized spacial score (nSPS) is 28.8. The Bertz CT molecular complexity index is 442. The first kappa shape index (κ1) is 15.1. The minimum Gasteiger partial charge on any atom is -0.298 e. The first-order valence-electron chi connectivity index (χ1n) is 8.68. The van der Waals surface area contributed by atoms with Crippen molar-refractivity contribution in [3.63, 3.8) is 0 Å². The van der Waals surface area contributed by atoms with Crippen molar-refractivity contribution in [3.05, 3.63) is 35.9 Å². The Morgan fingerprint density at radius 1 is 1.10 bits per heavy atom. The first-order chi connectivity index (χ1) is 10.1. The molecule has 2 aliphatic heterocycles. The number of nitrogens with zero attached hydrogens (tertiary/aromatic N) is 2. The van der Waals surface area contributed by atoms with E-state index in [2.05, 4.69) is 60.9 Å². The van der Waals surface area contributed by atoms with Gasteiger partial charge in [-0.2, -0.15) is 0 Å². The molecule has 0 aliphatic carbocycles. The summed E-state index contributed by atoms with van der Waals surface area (Å²) in [6.45, 7) is 12.3. The highest BCUT2D eigenvalue weighted by Gasteiger charge is 2.37. The molecule has 3 rings (SSSR count). The Morgan fingerprint density at radius 3 is 2.57 bits per heavy atom. The zero-order chi connectivity index (χ0) is 14.8. The van der Waals surface area contributed by atoms with Crippen LogP contribution < -0.4 is 0 Å². The van der Waals surface area contributed by atoms with Crippen LogP contribution in [0.25, 0.3) is 0 Å². The standard InChI is InChI=1S/C19H30N2/c1-15(2)19-14-20-11-7-10-18(20)13-21(19)12-16(3)17-8-5-4-6-9-17/h4-6,8-9,15-16,18-19H,7,10-14H2,1-3H3. The van der Waals surface area contributed by atoms with Gasteiger partial charge in [0.05, 0.1) is 0 Å². The van der Waals surface area contributed by atoms with Crippen LogP contribution in [-0.4, -0.2) is 48.1 Å². The van der Waals surface area contributed by atoms with Crippen LogP contribution in [-0.2, 0) is 0 Å². The quantitative estimate of drug-likeness (QED) is 0.834. The number of fused-ring (bicyclic) bond motifs is 1. The number of hydrogen-bond acceptors (Lipinski definition) is 2. The lowest BCUT2D eigenvalue weighted by Gasteiger charge is -2.46. The maximum Gasteiger partial charge on any atom is 0.0247 e. The molecule has 1 aromatic carbocycles. The van der Waals surface area contributed by atoms with Gasteiger partial charge in [-0.05, 0) is 36.8 Å². The highest BCUT2D eigenvalue weighted by atomic mass is 15.3. The van der Waals surface area contributed by atoms with Crippen molar-refractivity contribution in [3.8, 4) is 0 Å². The Hall–Kier alpha value is -0.860. The van der Waals surface area contributed by atoms with Gasteiger partial charge in [-0.25, -0.2) is 0 Å². The van der Waals surface area contributed by atoms with E-state index in [0.717, 1.165) is 18.0 Å². The molecule has 2 heterocycles. The van der Waals surface area contributed by atoms with E-state index in [1.807, 2.05) is 0 Å². The summed E-state index contributed by atoms with van der Waals surface area (Å²) in [5.41, 5.74) is 1.48. The summed E-state index contributed by atoms with van der Waals surface area (Å²) in [6, 6.07) is 12.6. The molecular weight excluding hydrogens is 256 g/mol. The van der Waals surface area contributed by atoms with Crippen LogP contribution in [0.2, 0.25) is 0 Å². The largest absolute Gasteiger partial charge is 0.298 e. The molecule has 3 atom stereocenters. The summed E-state index contributed by atoms with van der Waals surface area (Å²) >= 11 is 0. The molecule has 0 radical (unpaired) electrons. The van der Waals surface area contributed by atoms with Crippen LogP contribution >= 0.6 is 0 Å². The van der Waals surface area contributed by atoms with Crippen LogP contribution in [0.4, 0.5) is 0 Å². The molecule has 0 N–H and O–H groups in total. The van der Waals surface area contributed by atoms with Crippen molar-refractivity contribution >= 4 is 0 Å². The molecule has 0 bridgehead atoms. The lowest BCUT2D eigenvalue weighted by Crippen LogP contribution is -2.58. The SMILES string of the molecule is CC(CN1CC2CCCN2CC1C(C)C)c1ccccc1. The molecule has 2 fully saturated rings. The lowest BCUT2D eigenvalue weighted by atomic mass is 9.94. The van der Waals surface area contributed by atoms with Gasteiger partial charge < -0.3 is 0 Å². The second kappa shape index (κ2) is 6.50. The maximum absolute atomic E-state index is 2.79. The molecule has 3 unspecified atom stereocenters. The van der Waals surface area contributed by atoms with Gasteiger partial charge in [-0.1, -0.05) is 51.1 Å². The van der Waals surface area contributed by atoms with Gasteiger partial charge in [0.15, 0.2) is 0 Å². The van der Waals surface area contributed by atoms with Crippen molar-refractivity contribution in [1.82, 2.24) is 9.80 Å². The van der Waals surface area contributed by atoms with Gasteiger partial charge in [-0.15, -0.1) is 0 Å². The molecule has 2 aliphatic rings. The van der Waals surface area contributed by atoms with Crippen molar-refractivity contribution in [1.29, 1.82) is 0 Å². The van der Waals surface area contributed by atoms with Gasteiger partial charge in [-0.3, -0.25) is 9.80 Å². The van der Waals surface area contributed by atoms with E-state index in [-0.39, 0.29) is 0 Å². The van der Waals surface area contributed by atoms with E-state index >= 15 is 0 Å². The second-order valence-corrected chi connectivity index (χ2v) is 7.37. The molecule has 0 spiro atoms. The zero-order valence-electron chi connectivity index (χ0n) is 13.8. The Labute approximate surface area is 130 Å². The number of rotatable bonds is 4. The number of hydrogen-bond donors (Lipinski definition) is 0. The Kier molecular flexibility index (Phi) is 4.66. The number of piperazine rings is 1. The zero-order valence-corrected chi connectivity index (χ0v) is 13.8. The van der Waals surface area contributed by atoms with Crippen LogP contribution in [0.3, 0.4) is 0 Å². The molecule has 0 amide bonds. The predicted octanol–water partition coefficient (Wildman–Crippen LogP) is 3.59. The molecule has 0 saturated carbocycles. The highest BCUT2D eigenvalue weighted by Crippen LogP contribution is 2.29. The molecule has 2 heteroatoms. The number of benzene rings is 1. The van der Waals surface area contributed by atoms with E-state index in [9.17, 15) is 0 Å². The summed E-state index contributed by atoms with van der Waals surface area (Å²) in [5.74, 6) is 1.37. The predicted molar refractivity (Wildman–Crippen MR) is 89.7 cm³/mol. The summed E-state index contributed by atoms with van der Waals surface area (Å²) < 4.78 is 0. The molecule has 0 aromatic heterocycles.